The largest absolute Gasteiger partial charge is 0.325 e. The van der Waals surface area contributed by atoms with Crippen molar-refractivity contribution in [1.82, 2.24) is 14.9 Å². The minimum Gasteiger partial charge on any atom is -0.325 e. The quantitative estimate of drug-likeness (QED) is 0.887. The minimum atomic E-state index is 0.470. The number of hydrogen-bond donors (Lipinski definition) is 1. The number of nitrogens with zero attached hydrogens (tertiary/aromatic N) is 4. The smallest absolute Gasteiger partial charge is 0.212 e. The standard InChI is InChI=1S/C12H13N5S/c1-8-2-4-9(5-3-8)11-14-15-12-17(11)16-10(6-13)7-18-12/h2-5H,6-7,13H2,1H3. The molecule has 2 aromatic rings. The van der Waals surface area contributed by atoms with Crippen molar-refractivity contribution in [2.45, 2.75) is 12.1 Å². The number of nitrogens with two attached hydrogens (primary N) is 1. The lowest BCUT2D eigenvalue weighted by molar-refractivity contribution is 0.759. The molecule has 0 spiro atoms. The summed E-state index contributed by atoms with van der Waals surface area (Å²) in [4.78, 5) is 0. The highest BCUT2D eigenvalue weighted by Gasteiger charge is 2.18. The summed E-state index contributed by atoms with van der Waals surface area (Å²) in [7, 11) is 0. The van der Waals surface area contributed by atoms with E-state index < -0.39 is 0 Å². The molecule has 0 radical (unpaired) electrons. The van der Waals surface area contributed by atoms with Gasteiger partial charge >= 0.3 is 0 Å². The van der Waals surface area contributed by atoms with Crippen molar-refractivity contribution < 1.29 is 0 Å². The predicted molar refractivity (Wildman–Crippen MR) is 72.8 cm³/mol. The van der Waals surface area contributed by atoms with Crippen molar-refractivity contribution >= 4 is 17.5 Å². The van der Waals surface area contributed by atoms with E-state index >= 15 is 0 Å². The first kappa shape index (κ1) is 11.4. The van der Waals surface area contributed by atoms with Crippen molar-refractivity contribution in [2.24, 2.45) is 10.8 Å². The second-order valence-electron chi connectivity index (χ2n) is 4.14. The first-order chi connectivity index (χ1) is 8.78. The zero-order valence-corrected chi connectivity index (χ0v) is 10.8. The van der Waals surface area contributed by atoms with E-state index in [1.165, 1.54) is 5.56 Å². The number of rotatable bonds is 2. The van der Waals surface area contributed by atoms with Crippen LogP contribution in [0, 0.1) is 6.92 Å². The molecule has 1 aromatic carbocycles. The average molecular weight is 259 g/mol. The lowest BCUT2D eigenvalue weighted by atomic mass is 10.1. The molecule has 1 aromatic heterocycles. The van der Waals surface area contributed by atoms with Crippen LogP contribution >= 0.6 is 11.8 Å². The van der Waals surface area contributed by atoms with Gasteiger partial charge < -0.3 is 5.73 Å². The minimum absolute atomic E-state index is 0.470. The molecule has 3 rings (SSSR count). The molecule has 2 heterocycles. The van der Waals surface area contributed by atoms with Crippen LogP contribution < -0.4 is 5.73 Å². The van der Waals surface area contributed by atoms with Gasteiger partial charge in [0.2, 0.25) is 5.16 Å². The molecule has 1 aliphatic rings. The van der Waals surface area contributed by atoms with E-state index in [0.717, 1.165) is 28.0 Å². The molecule has 0 saturated heterocycles. The number of benzene rings is 1. The molecule has 5 nitrogen and oxygen atoms in total. The number of thioether (sulfide) groups is 1. The SMILES string of the molecule is Cc1ccc(-c2nnc3n2N=C(CN)CS3)cc1. The Kier molecular flexibility index (Phi) is 2.89. The monoisotopic (exact) mass is 259 g/mol. The summed E-state index contributed by atoms with van der Waals surface area (Å²) < 4.78 is 1.78. The molecule has 18 heavy (non-hydrogen) atoms. The Morgan fingerprint density at radius 3 is 2.78 bits per heavy atom. The Morgan fingerprint density at radius 1 is 1.28 bits per heavy atom. The fourth-order valence-corrected chi connectivity index (χ4v) is 2.57. The third-order valence-electron chi connectivity index (χ3n) is 2.77. The van der Waals surface area contributed by atoms with Gasteiger partial charge in [-0.15, -0.1) is 10.2 Å². The van der Waals surface area contributed by atoms with Crippen LogP contribution in [0.25, 0.3) is 11.4 Å². The lowest BCUT2D eigenvalue weighted by Gasteiger charge is -2.12. The van der Waals surface area contributed by atoms with Crippen LogP contribution in [-0.4, -0.2) is 32.9 Å². The summed E-state index contributed by atoms with van der Waals surface area (Å²) in [6, 6.07) is 8.17. The van der Waals surface area contributed by atoms with Gasteiger partial charge in [0.05, 0.1) is 5.71 Å². The fraction of sp³-hybridized carbons (Fsp3) is 0.250. The summed E-state index contributed by atoms with van der Waals surface area (Å²) in [5.41, 5.74) is 8.83. The average Bonchev–Trinajstić information content (AvgIpc) is 2.82. The number of fused-ring (bicyclic) bond motifs is 1. The fourth-order valence-electron chi connectivity index (χ4n) is 1.75. The zero-order valence-electron chi connectivity index (χ0n) is 10.00. The topological polar surface area (TPSA) is 69.1 Å². The normalized spacial score (nSPS) is 14.2. The summed E-state index contributed by atoms with van der Waals surface area (Å²) in [6.07, 6.45) is 0. The van der Waals surface area contributed by atoms with Gasteiger partial charge in [-0.3, -0.25) is 0 Å². The molecule has 0 fully saturated rings. The van der Waals surface area contributed by atoms with E-state index in [2.05, 4.69) is 34.4 Å². The molecule has 1 aliphatic heterocycles. The third-order valence-corrected chi connectivity index (χ3v) is 3.76. The van der Waals surface area contributed by atoms with E-state index in [4.69, 9.17) is 5.73 Å². The van der Waals surface area contributed by atoms with Gasteiger partial charge in [0.25, 0.3) is 0 Å². The molecule has 92 valence electrons. The highest BCUT2D eigenvalue weighted by molar-refractivity contribution is 7.99. The third kappa shape index (κ3) is 1.93. The van der Waals surface area contributed by atoms with Gasteiger partial charge in [0.1, 0.15) is 0 Å². The Hall–Kier alpha value is -1.66. The van der Waals surface area contributed by atoms with E-state index in [1.807, 2.05) is 12.1 Å². The molecule has 0 saturated carbocycles. The molecule has 6 heteroatoms. The Labute approximate surface area is 109 Å². The van der Waals surface area contributed by atoms with Crippen LogP contribution in [0.2, 0.25) is 0 Å². The van der Waals surface area contributed by atoms with Gasteiger partial charge in [-0.2, -0.15) is 9.78 Å². The molecular weight excluding hydrogens is 246 g/mol. The van der Waals surface area contributed by atoms with E-state index in [-0.39, 0.29) is 0 Å². The maximum Gasteiger partial charge on any atom is 0.212 e. The maximum absolute atomic E-state index is 5.64. The predicted octanol–water partition coefficient (Wildman–Crippen LogP) is 1.52. The number of aryl methyl sites for hydroxylation is 1. The highest BCUT2D eigenvalue weighted by Crippen LogP contribution is 2.26. The Bertz CT molecular complexity index is 599. The molecule has 0 unspecified atom stereocenters. The summed E-state index contributed by atoms with van der Waals surface area (Å²) in [5.74, 6) is 1.56. The van der Waals surface area contributed by atoms with Crippen molar-refractivity contribution in [3.8, 4) is 11.4 Å². The lowest BCUT2D eigenvalue weighted by Crippen LogP contribution is -2.21. The van der Waals surface area contributed by atoms with Gasteiger partial charge in [0.15, 0.2) is 5.82 Å². The maximum atomic E-state index is 5.64. The van der Waals surface area contributed by atoms with Crippen molar-refractivity contribution in [1.29, 1.82) is 0 Å². The first-order valence-corrected chi connectivity index (χ1v) is 6.68. The number of aromatic nitrogens is 3. The molecule has 0 atom stereocenters. The van der Waals surface area contributed by atoms with Crippen LogP contribution in [0.15, 0.2) is 34.5 Å². The van der Waals surface area contributed by atoms with Crippen molar-refractivity contribution in [2.75, 3.05) is 12.3 Å². The van der Waals surface area contributed by atoms with Crippen molar-refractivity contribution in [3.63, 3.8) is 0 Å². The van der Waals surface area contributed by atoms with E-state index in [9.17, 15) is 0 Å². The Morgan fingerprint density at radius 2 is 2.06 bits per heavy atom. The van der Waals surface area contributed by atoms with Crippen LogP contribution in [-0.2, 0) is 0 Å². The van der Waals surface area contributed by atoms with Gasteiger partial charge in [0, 0.05) is 17.9 Å². The summed E-state index contributed by atoms with van der Waals surface area (Å²) >= 11 is 1.62. The van der Waals surface area contributed by atoms with E-state index in [1.54, 1.807) is 16.4 Å². The summed E-state index contributed by atoms with van der Waals surface area (Å²) in [5, 5.41) is 13.7. The molecule has 0 aliphatic carbocycles. The molecular formula is C12H13N5S. The Balaban J connectivity index is 2.08. The highest BCUT2D eigenvalue weighted by atomic mass is 32.2. The van der Waals surface area contributed by atoms with Gasteiger partial charge in [-0.1, -0.05) is 41.6 Å². The van der Waals surface area contributed by atoms with Crippen molar-refractivity contribution in [3.05, 3.63) is 29.8 Å². The van der Waals surface area contributed by atoms with Gasteiger partial charge in [-0.25, -0.2) is 0 Å². The van der Waals surface area contributed by atoms with Crippen LogP contribution in [0.3, 0.4) is 0 Å². The van der Waals surface area contributed by atoms with Crippen LogP contribution in [0.4, 0.5) is 0 Å². The second-order valence-corrected chi connectivity index (χ2v) is 5.09. The van der Waals surface area contributed by atoms with Crippen LogP contribution in [0.5, 0.6) is 0 Å². The molecule has 0 bridgehead atoms. The summed E-state index contributed by atoms with van der Waals surface area (Å²) in [6.45, 7) is 2.53. The molecule has 2 N–H and O–H groups in total. The molecule has 0 amide bonds. The number of hydrogen-bond acceptors (Lipinski definition) is 5. The zero-order chi connectivity index (χ0) is 12.5. The van der Waals surface area contributed by atoms with Gasteiger partial charge in [-0.05, 0) is 6.92 Å². The second kappa shape index (κ2) is 4.55. The van der Waals surface area contributed by atoms with E-state index in [0.29, 0.717) is 6.54 Å². The first-order valence-electron chi connectivity index (χ1n) is 5.70. The van der Waals surface area contributed by atoms with Crippen LogP contribution in [0.1, 0.15) is 5.56 Å².